The summed E-state index contributed by atoms with van der Waals surface area (Å²) in [5, 5.41) is 13.1. The van der Waals surface area contributed by atoms with Crippen molar-refractivity contribution in [1.29, 1.82) is 0 Å². The summed E-state index contributed by atoms with van der Waals surface area (Å²) in [7, 11) is 0. The van der Waals surface area contributed by atoms with Crippen molar-refractivity contribution < 1.29 is 19.1 Å². The molecule has 1 aromatic heterocycles. The number of carbonyl (C=O) groups excluding carboxylic acids is 2. The first-order valence-electron chi connectivity index (χ1n) is 5.06. The van der Waals surface area contributed by atoms with Crippen molar-refractivity contribution in [2.45, 2.75) is 26.3 Å². The molecular weight excluding hydrogens is 210 g/mol. The largest absolute Gasteiger partial charge is 0.548 e. The van der Waals surface area contributed by atoms with Crippen molar-refractivity contribution in [2.24, 2.45) is 5.92 Å². The molecule has 1 amide bonds. The summed E-state index contributed by atoms with van der Waals surface area (Å²) in [5.74, 6) is -1.58. The third-order valence-electron chi connectivity index (χ3n) is 2.04. The van der Waals surface area contributed by atoms with Gasteiger partial charge in [-0.15, -0.1) is 0 Å². The second-order valence-electron chi connectivity index (χ2n) is 3.95. The molecule has 0 radical (unpaired) electrons. The first-order chi connectivity index (χ1) is 7.50. The number of nitrogens with one attached hydrogen (secondary N) is 1. The monoisotopic (exact) mass is 224 g/mol. The molecule has 1 aromatic rings. The molecule has 88 valence electrons. The van der Waals surface area contributed by atoms with Crippen molar-refractivity contribution >= 4 is 11.9 Å². The number of carbonyl (C=O) groups is 2. The minimum Gasteiger partial charge on any atom is -0.548 e. The number of carboxylic acid groups (broad SMARTS) is 1. The van der Waals surface area contributed by atoms with Gasteiger partial charge >= 0.3 is 0 Å². The average Bonchev–Trinajstić information content (AvgIpc) is 2.68. The van der Waals surface area contributed by atoms with E-state index in [1.165, 1.54) is 12.3 Å². The Hall–Kier alpha value is -1.78. The van der Waals surface area contributed by atoms with Crippen molar-refractivity contribution in [3.05, 3.63) is 24.2 Å². The molecule has 0 aliphatic heterocycles. The Balaban J connectivity index is 2.62. The zero-order valence-electron chi connectivity index (χ0n) is 9.23. The highest BCUT2D eigenvalue weighted by atomic mass is 16.4. The fraction of sp³-hybridized carbons (Fsp3) is 0.455. The lowest BCUT2D eigenvalue weighted by Gasteiger charge is -2.20. The van der Waals surface area contributed by atoms with Gasteiger partial charge < -0.3 is 19.6 Å². The van der Waals surface area contributed by atoms with E-state index in [-0.39, 0.29) is 11.7 Å². The Bertz CT molecular complexity index is 356. The minimum absolute atomic E-state index is 0.0926. The maximum Gasteiger partial charge on any atom is 0.287 e. The normalized spacial score (nSPS) is 12.4. The summed E-state index contributed by atoms with van der Waals surface area (Å²) in [5.41, 5.74) is 0. The minimum atomic E-state index is -1.28. The molecule has 0 aromatic carbocycles. The van der Waals surface area contributed by atoms with Gasteiger partial charge in [0.2, 0.25) is 0 Å². The molecule has 0 bridgehead atoms. The van der Waals surface area contributed by atoms with Gasteiger partial charge in [-0.2, -0.15) is 0 Å². The Morgan fingerprint density at radius 2 is 2.19 bits per heavy atom. The fourth-order valence-corrected chi connectivity index (χ4v) is 1.32. The number of aliphatic carboxylic acids is 1. The molecule has 1 heterocycles. The summed E-state index contributed by atoms with van der Waals surface area (Å²) in [6.45, 7) is 3.74. The molecular formula is C11H14NO4-. The van der Waals surface area contributed by atoms with Gasteiger partial charge in [0.25, 0.3) is 5.91 Å². The van der Waals surface area contributed by atoms with Crippen LogP contribution in [0.15, 0.2) is 22.8 Å². The summed E-state index contributed by atoms with van der Waals surface area (Å²) in [6.07, 6.45) is 1.68. The second kappa shape index (κ2) is 5.34. The van der Waals surface area contributed by atoms with Crippen LogP contribution in [-0.2, 0) is 4.79 Å². The van der Waals surface area contributed by atoms with Gasteiger partial charge in [0, 0.05) is 0 Å². The molecule has 0 aliphatic rings. The molecule has 0 fully saturated rings. The van der Waals surface area contributed by atoms with E-state index in [1.54, 1.807) is 6.07 Å². The van der Waals surface area contributed by atoms with E-state index >= 15 is 0 Å². The molecule has 5 heteroatoms. The van der Waals surface area contributed by atoms with E-state index in [0.29, 0.717) is 6.42 Å². The number of carboxylic acids is 1. The van der Waals surface area contributed by atoms with Gasteiger partial charge in [-0.05, 0) is 24.5 Å². The molecule has 0 aliphatic carbocycles. The van der Waals surface area contributed by atoms with Crippen molar-refractivity contribution in [1.82, 2.24) is 5.32 Å². The number of rotatable bonds is 5. The van der Waals surface area contributed by atoms with Gasteiger partial charge in [-0.25, -0.2) is 0 Å². The average molecular weight is 224 g/mol. The number of furan rings is 1. The van der Waals surface area contributed by atoms with Crippen molar-refractivity contribution in [3.8, 4) is 0 Å². The Labute approximate surface area is 93.4 Å². The predicted octanol–water partition coefficient (Wildman–Crippen LogP) is 0.174. The topological polar surface area (TPSA) is 82.4 Å². The summed E-state index contributed by atoms with van der Waals surface area (Å²) >= 11 is 0. The highest BCUT2D eigenvalue weighted by Crippen LogP contribution is 2.06. The first-order valence-corrected chi connectivity index (χ1v) is 5.06. The zero-order valence-corrected chi connectivity index (χ0v) is 9.23. The van der Waals surface area contributed by atoms with Gasteiger partial charge in [-0.1, -0.05) is 13.8 Å². The number of hydrogen-bond acceptors (Lipinski definition) is 4. The summed E-state index contributed by atoms with van der Waals surface area (Å²) in [6, 6.07) is 2.04. The molecule has 16 heavy (non-hydrogen) atoms. The van der Waals surface area contributed by atoms with E-state index in [2.05, 4.69) is 5.32 Å². The third-order valence-corrected chi connectivity index (χ3v) is 2.04. The van der Waals surface area contributed by atoms with Crippen LogP contribution in [-0.4, -0.2) is 17.9 Å². The van der Waals surface area contributed by atoms with Gasteiger partial charge in [-0.3, -0.25) is 4.79 Å². The van der Waals surface area contributed by atoms with Crippen molar-refractivity contribution in [2.75, 3.05) is 0 Å². The maximum absolute atomic E-state index is 11.5. The third kappa shape index (κ3) is 3.42. The van der Waals surface area contributed by atoms with Crippen LogP contribution in [0, 0.1) is 5.92 Å². The number of hydrogen-bond donors (Lipinski definition) is 1. The van der Waals surface area contributed by atoms with E-state index in [4.69, 9.17) is 4.42 Å². The number of amides is 1. The van der Waals surface area contributed by atoms with Gasteiger partial charge in [0.05, 0.1) is 18.3 Å². The molecule has 0 saturated heterocycles. The van der Waals surface area contributed by atoms with Crippen LogP contribution in [0.1, 0.15) is 30.8 Å². The van der Waals surface area contributed by atoms with Gasteiger partial charge in [0.1, 0.15) is 0 Å². The summed E-state index contributed by atoms with van der Waals surface area (Å²) in [4.78, 5) is 22.3. The highest BCUT2D eigenvalue weighted by molar-refractivity contribution is 5.93. The van der Waals surface area contributed by atoms with Gasteiger partial charge in [0.15, 0.2) is 5.76 Å². The Morgan fingerprint density at radius 3 is 2.62 bits per heavy atom. The molecule has 1 N–H and O–H groups in total. The maximum atomic E-state index is 11.5. The Morgan fingerprint density at radius 1 is 1.50 bits per heavy atom. The van der Waals surface area contributed by atoms with Crippen LogP contribution in [0.25, 0.3) is 0 Å². The molecule has 0 saturated carbocycles. The predicted molar refractivity (Wildman–Crippen MR) is 54.4 cm³/mol. The van der Waals surface area contributed by atoms with Crippen LogP contribution in [0.2, 0.25) is 0 Å². The van der Waals surface area contributed by atoms with Crippen LogP contribution in [0.3, 0.4) is 0 Å². The van der Waals surface area contributed by atoms with Crippen LogP contribution >= 0.6 is 0 Å². The molecule has 1 rings (SSSR count). The Kier molecular flexibility index (Phi) is 4.10. The first kappa shape index (κ1) is 12.3. The smallest absolute Gasteiger partial charge is 0.287 e. The SMILES string of the molecule is CC(C)C[C@H](NC(=O)c1ccco1)C(=O)[O-]. The lowest BCUT2D eigenvalue weighted by Crippen LogP contribution is -2.48. The van der Waals surface area contributed by atoms with E-state index in [9.17, 15) is 14.7 Å². The lowest BCUT2D eigenvalue weighted by molar-refractivity contribution is -0.308. The fourth-order valence-electron chi connectivity index (χ4n) is 1.32. The standard InChI is InChI=1S/C11H15NO4/c1-7(2)6-8(11(14)15)12-10(13)9-4-3-5-16-9/h3-5,7-8H,6H2,1-2H3,(H,12,13)(H,14,15)/p-1/t8-/m0/s1. The quantitative estimate of drug-likeness (QED) is 0.773. The van der Waals surface area contributed by atoms with Crippen LogP contribution in [0.5, 0.6) is 0 Å². The van der Waals surface area contributed by atoms with Crippen molar-refractivity contribution in [3.63, 3.8) is 0 Å². The second-order valence-corrected chi connectivity index (χ2v) is 3.95. The van der Waals surface area contributed by atoms with Crippen LogP contribution < -0.4 is 10.4 Å². The van der Waals surface area contributed by atoms with E-state index < -0.39 is 17.9 Å². The lowest BCUT2D eigenvalue weighted by atomic mass is 10.0. The molecule has 0 unspecified atom stereocenters. The van der Waals surface area contributed by atoms with E-state index in [1.807, 2.05) is 13.8 Å². The van der Waals surface area contributed by atoms with E-state index in [0.717, 1.165) is 0 Å². The zero-order chi connectivity index (χ0) is 12.1. The molecule has 5 nitrogen and oxygen atoms in total. The highest BCUT2D eigenvalue weighted by Gasteiger charge is 2.17. The molecule has 1 atom stereocenters. The summed E-state index contributed by atoms with van der Waals surface area (Å²) < 4.78 is 4.86. The van der Waals surface area contributed by atoms with Crippen LogP contribution in [0.4, 0.5) is 0 Å². The molecule has 0 spiro atoms.